The Kier molecular flexibility index (Phi) is 4.31. The Morgan fingerprint density at radius 2 is 2.18 bits per heavy atom. The number of aromatic amines is 1. The number of likely N-dealkylation sites (tertiary alicyclic amines) is 1. The number of nitrogens with one attached hydrogen (secondary N) is 1. The van der Waals surface area contributed by atoms with Gasteiger partial charge in [0.25, 0.3) is 5.91 Å². The minimum atomic E-state index is -0.736. The number of aliphatic hydroxyl groups excluding tert-OH is 1. The zero-order valence-electron chi connectivity index (χ0n) is 11.8. The normalized spacial score (nSPS) is 21.6. The number of rotatable bonds is 3. The number of ether oxygens (including phenoxy) is 1. The molecule has 22 heavy (non-hydrogen) atoms. The lowest BCUT2D eigenvalue weighted by molar-refractivity contribution is -0.0198. The van der Waals surface area contributed by atoms with E-state index < -0.39 is 6.10 Å². The zero-order valence-corrected chi connectivity index (χ0v) is 12.5. The highest BCUT2D eigenvalue weighted by Gasteiger charge is 2.32. The van der Waals surface area contributed by atoms with Gasteiger partial charge in [-0.2, -0.15) is 5.10 Å². The SMILES string of the molecule is O=C(c1cn[nH]c1)N1CC[C@@H](Oc2ccc(Cl)cc2)[C@H](O)C1. The van der Waals surface area contributed by atoms with Crippen molar-refractivity contribution in [3.05, 3.63) is 47.2 Å². The number of aromatic nitrogens is 2. The summed E-state index contributed by atoms with van der Waals surface area (Å²) in [7, 11) is 0. The van der Waals surface area contributed by atoms with Crippen LogP contribution < -0.4 is 4.74 Å². The number of β-amino-alcohol motifs (C(OH)–C–C–N with tert-alkyl or cyclic N) is 1. The van der Waals surface area contributed by atoms with Crippen LogP contribution in [-0.2, 0) is 0 Å². The second-order valence-corrected chi connectivity index (χ2v) is 5.64. The van der Waals surface area contributed by atoms with Gasteiger partial charge in [-0.3, -0.25) is 9.89 Å². The predicted octanol–water partition coefficient (Wildman–Crippen LogP) is 1.72. The number of carbonyl (C=O) groups excluding carboxylic acids is 1. The maximum atomic E-state index is 12.2. The van der Waals surface area contributed by atoms with Crippen molar-refractivity contribution in [1.29, 1.82) is 0 Å². The van der Waals surface area contributed by atoms with E-state index in [1.54, 1.807) is 35.4 Å². The number of hydrogen-bond acceptors (Lipinski definition) is 4. The summed E-state index contributed by atoms with van der Waals surface area (Å²) in [5, 5.41) is 17.2. The molecule has 2 heterocycles. The van der Waals surface area contributed by atoms with Gasteiger partial charge in [0.1, 0.15) is 18.0 Å². The molecule has 0 aliphatic carbocycles. The van der Waals surface area contributed by atoms with Crippen molar-refractivity contribution in [1.82, 2.24) is 15.1 Å². The summed E-state index contributed by atoms with van der Waals surface area (Å²) in [6, 6.07) is 7.00. The number of amides is 1. The Bertz CT molecular complexity index is 630. The van der Waals surface area contributed by atoms with E-state index in [2.05, 4.69) is 10.2 Å². The molecule has 7 heteroatoms. The Morgan fingerprint density at radius 1 is 1.41 bits per heavy atom. The van der Waals surface area contributed by atoms with E-state index in [0.29, 0.717) is 29.3 Å². The van der Waals surface area contributed by atoms with Crippen LogP contribution in [0.15, 0.2) is 36.7 Å². The van der Waals surface area contributed by atoms with Gasteiger partial charge in [-0.05, 0) is 24.3 Å². The molecule has 0 bridgehead atoms. The molecule has 3 rings (SSSR count). The second-order valence-electron chi connectivity index (χ2n) is 5.20. The lowest BCUT2D eigenvalue weighted by Gasteiger charge is -2.35. The van der Waals surface area contributed by atoms with E-state index in [9.17, 15) is 9.90 Å². The largest absolute Gasteiger partial charge is 0.488 e. The molecule has 2 aromatic rings. The first-order valence-electron chi connectivity index (χ1n) is 7.02. The first-order chi connectivity index (χ1) is 10.6. The Labute approximate surface area is 132 Å². The van der Waals surface area contributed by atoms with Crippen LogP contribution in [0.3, 0.4) is 0 Å². The molecule has 0 radical (unpaired) electrons. The number of halogens is 1. The van der Waals surface area contributed by atoms with Gasteiger partial charge in [0, 0.05) is 24.2 Å². The van der Waals surface area contributed by atoms with Gasteiger partial charge in [0.15, 0.2) is 0 Å². The van der Waals surface area contributed by atoms with E-state index in [4.69, 9.17) is 16.3 Å². The molecule has 2 N–H and O–H groups in total. The fourth-order valence-corrected chi connectivity index (χ4v) is 2.60. The summed E-state index contributed by atoms with van der Waals surface area (Å²) < 4.78 is 5.78. The summed E-state index contributed by atoms with van der Waals surface area (Å²) >= 11 is 5.83. The van der Waals surface area contributed by atoms with Gasteiger partial charge in [-0.1, -0.05) is 11.6 Å². The highest BCUT2D eigenvalue weighted by atomic mass is 35.5. The molecule has 1 aliphatic heterocycles. The number of carbonyl (C=O) groups is 1. The summed E-state index contributed by atoms with van der Waals surface area (Å²) in [6.45, 7) is 0.765. The average molecular weight is 322 g/mol. The van der Waals surface area contributed by atoms with Crippen molar-refractivity contribution < 1.29 is 14.6 Å². The van der Waals surface area contributed by atoms with Crippen LogP contribution in [0.4, 0.5) is 0 Å². The molecule has 0 saturated carbocycles. The zero-order chi connectivity index (χ0) is 15.5. The van der Waals surface area contributed by atoms with Crippen LogP contribution in [0.5, 0.6) is 5.75 Å². The minimum Gasteiger partial charge on any atom is -0.488 e. The third-order valence-corrected chi connectivity index (χ3v) is 3.91. The highest BCUT2D eigenvalue weighted by Crippen LogP contribution is 2.22. The molecule has 1 aromatic heterocycles. The number of hydrogen-bond donors (Lipinski definition) is 2. The van der Waals surface area contributed by atoms with Crippen LogP contribution in [0.2, 0.25) is 5.02 Å². The average Bonchev–Trinajstić information content (AvgIpc) is 3.05. The van der Waals surface area contributed by atoms with Gasteiger partial charge in [-0.25, -0.2) is 0 Å². The number of aliphatic hydroxyl groups is 1. The number of H-pyrrole nitrogens is 1. The molecule has 1 aromatic carbocycles. The molecule has 1 aliphatic rings. The van der Waals surface area contributed by atoms with Crippen LogP contribution in [0.1, 0.15) is 16.8 Å². The number of nitrogens with zero attached hydrogens (tertiary/aromatic N) is 2. The maximum absolute atomic E-state index is 12.2. The van der Waals surface area contributed by atoms with Crippen molar-refractivity contribution in [3.63, 3.8) is 0 Å². The molecule has 1 amide bonds. The molecule has 0 spiro atoms. The van der Waals surface area contributed by atoms with Gasteiger partial charge in [0.2, 0.25) is 0 Å². The third-order valence-electron chi connectivity index (χ3n) is 3.65. The lowest BCUT2D eigenvalue weighted by Crippen LogP contribution is -2.50. The molecule has 1 fully saturated rings. The molecule has 6 nitrogen and oxygen atoms in total. The molecule has 2 atom stereocenters. The fraction of sp³-hybridized carbons (Fsp3) is 0.333. The van der Waals surface area contributed by atoms with Crippen LogP contribution in [0.25, 0.3) is 0 Å². The van der Waals surface area contributed by atoms with Crippen LogP contribution in [-0.4, -0.2) is 51.4 Å². The predicted molar refractivity (Wildman–Crippen MR) is 81.0 cm³/mol. The summed E-state index contributed by atoms with van der Waals surface area (Å²) in [5.74, 6) is 0.515. The third kappa shape index (κ3) is 3.23. The molecule has 0 unspecified atom stereocenters. The Hall–Kier alpha value is -2.05. The van der Waals surface area contributed by atoms with Crippen molar-refractivity contribution in [2.24, 2.45) is 0 Å². The lowest BCUT2D eigenvalue weighted by atomic mass is 10.0. The van der Waals surface area contributed by atoms with Crippen molar-refractivity contribution >= 4 is 17.5 Å². The minimum absolute atomic E-state index is 0.141. The van der Waals surface area contributed by atoms with Gasteiger partial charge >= 0.3 is 0 Å². The fourth-order valence-electron chi connectivity index (χ4n) is 2.47. The van der Waals surface area contributed by atoms with E-state index >= 15 is 0 Å². The van der Waals surface area contributed by atoms with Crippen LogP contribution >= 0.6 is 11.6 Å². The Balaban J connectivity index is 1.60. The number of piperidine rings is 1. The smallest absolute Gasteiger partial charge is 0.257 e. The summed E-state index contributed by atoms with van der Waals surface area (Å²) in [5.41, 5.74) is 0.490. The molecule has 116 valence electrons. The topological polar surface area (TPSA) is 78.5 Å². The van der Waals surface area contributed by atoms with Gasteiger partial charge in [-0.15, -0.1) is 0 Å². The van der Waals surface area contributed by atoms with E-state index in [0.717, 1.165) is 0 Å². The standard InChI is InChI=1S/C15H16ClN3O3/c16-11-1-3-12(4-2-11)22-14-5-6-19(9-13(14)20)15(21)10-7-17-18-8-10/h1-4,7-8,13-14,20H,5-6,9H2,(H,17,18)/t13-,14-/m1/s1. The first-order valence-corrected chi connectivity index (χ1v) is 7.39. The highest BCUT2D eigenvalue weighted by molar-refractivity contribution is 6.30. The maximum Gasteiger partial charge on any atom is 0.257 e. The molecular formula is C15H16ClN3O3. The van der Waals surface area contributed by atoms with Crippen molar-refractivity contribution in [2.75, 3.05) is 13.1 Å². The van der Waals surface area contributed by atoms with Crippen molar-refractivity contribution in [3.8, 4) is 5.75 Å². The Morgan fingerprint density at radius 3 is 2.82 bits per heavy atom. The van der Waals surface area contributed by atoms with E-state index in [1.165, 1.54) is 6.20 Å². The summed E-state index contributed by atoms with van der Waals surface area (Å²) in [6.07, 6.45) is 2.51. The molecular weight excluding hydrogens is 306 g/mol. The van der Waals surface area contributed by atoms with Gasteiger partial charge < -0.3 is 14.7 Å². The number of benzene rings is 1. The van der Waals surface area contributed by atoms with Gasteiger partial charge in [0.05, 0.1) is 18.3 Å². The monoisotopic (exact) mass is 321 g/mol. The summed E-state index contributed by atoms with van der Waals surface area (Å²) in [4.78, 5) is 13.8. The van der Waals surface area contributed by atoms with E-state index in [-0.39, 0.29) is 18.6 Å². The molecule has 1 saturated heterocycles. The van der Waals surface area contributed by atoms with Crippen LogP contribution in [0, 0.1) is 0 Å². The quantitative estimate of drug-likeness (QED) is 0.902. The first kappa shape index (κ1) is 14.9. The van der Waals surface area contributed by atoms with E-state index in [1.807, 2.05) is 0 Å². The van der Waals surface area contributed by atoms with Crippen molar-refractivity contribution in [2.45, 2.75) is 18.6 Å². The second kappa shape index (κ2) is 6.37.